The second kappa shape index (κ2) is 9.57. The Hall–Kier alpha value is -2.57. The van der Waals surface area contributed by atoms with Crippen LogP contribution in [-0.4, -0.2) is 17.5 Å². The number of rotatable bonds is 7. The molecule has 3 aromatic rings. The van der Waals surface area contributed by atoms with Crippen LogP contribution < -0.4 is 14.8 Å². The molecule has 0 radical (unpaired) electrons. The number of para-hydroxylation sites is 2. The van der Waals surface area contributed by atoms with Crippen LogP contribution in [0.25, 0.3) is 0 Å². The Morgan fingerprint density at radius 2 is 1.93 bits per heavy atom. The van der Waals surface area contributed by atoms with Crippen LogP contribution in [0.1, 0.15) is 22.8 Å². The summed E-state index contributed by atoms with van der Waals surface area (Å²) in [5.74, 6) is 1.45. The highest BCUT2D eigenvalue weighted by molar-refractivity contribution is 9.10. The molecule has 1 heterocycles. The first kappa shape index (κ1) is 20.2. The van der Waals surface area contributed by atoms with E-state index >= 15 is 0 Å². The third kappa shape index (κ3) is 5.24. The highest BCUT2D eigenvalue weighted by Gasteiger charge is 2.11. The first-order valence-corrected chi connectivity index (χ1v) is 9.81. The van der Waals surface area contributed by atoms with Gasteiger partial charge in [-0.1, -0.05) is 45.7 Å². The van der Waals surface area contributed by atoms with E-state index in [4.69, 9.17) is 21.1 Å². The van der Waals surface area contributed by atoms with Gasteiger partial charge in [-0.05, 0) is 42.8 Å². The standard InChI is InChI=1S/C21H18BrClN2O3/c1-2-27-18-5-3-4-6-19(18)28-20-10-7-14(12-24-20)13-25-21(26)16-11-15(22)8-9-17(16)23/h3-12H,2,13H2,1H3,(H,25,26). The largest absolute Gasteiger partial charge is 0.490 e. The van der Waals surface area contributed by atoms with Crippen LogP contribution in [0, 0.1) is 0 Å². The first-order chi connectivity index (χ1) is 13.6. The number of nitrogens with zero attached hydrogens (tertiary/aromatic N) is 1. The van der Waals surface area contributed by atoms with E-state index < -0.39 is 0 Å². The highest BCUT2D eigenvalue weighted by Crippen LogP contribution is 2.30. The quantitative estimate of drug-likeness (QED) is 0.496. The van der Waals surface area contributed by atoms with Crippen molar-refractivity contribution in [2.24, 2.45) is 0 Å². The molecule has 1 amide bonds. The third-order valence-corrected chi connectivity index (χ3v) is 4.61. The summed E-state index contributed by atoms with van der Waals surface area (Å²) >= 11 is 9.42. The molecule has 0 aliphatic rings. The summed E-state index contributed by atoms with van der Waals surface area (Å²) in [7, 11) is 0. The average molecular weight is 462 g/mol. The van der Waals surface area contributed by atoms with E-state index in [1.54, 1.807) is 30.5 Å². The number of amides is 1. The zero-order chi connectivity index (χ0) is 19.9. The summed E-state index contributed by atoms with van der Waals surface area (Å²) in [6.45, 7) is 2.79. The van der Waals surface area contributed by atoms with Crippen molar-refractivity contribution in [2.45, 2.75) is 13.5 Å². The molecule has 1 aromatic heterocycles. The van der Waals surface area contributed by atoms with Gasteiger partial charge < -0.3 is 14.8 Å². The minimum Gasteiger partial charge on any atom is -0.490 e. The number of benzene rings is 2. The number of nitrogens with one attached hydrogen (secondary N) is 1. The van der Waals surface area contributed by atoms with Crippen molar-refractivity contribution in [2.75, 3.05) is 6.61 Å². The molecule has 0 spiro atoms. The normalized spacial score (nSPS) is 10.4. The fourth-order valence-corrected chi connectivity index (χ4v) is 3.01. The zero-order valence-electron chi connectivity index (χ0n) is 15.1. The summed E-state index contributed by atoms with van der Waals surface area (Å²) in [5, 5.41) is 3.23. The number of carbonyl (C=O) groups excluding carboxylic acids is 1. The molecule has 0 unspecified atom stereocenters. The van der Waals surface area contributed by atoms with E-state index in [1.807, 2.05) is 37.3 Å². The maximum atomic E-state index is 12.3. The Bertz CT molecular complexity index is 964. The lowest BCUT2D eigenvalue weighted by Crippen LogP contribution is -2.23. The van der Waals surface area contributed by atoms with E-state index in [-0.39, 0.29) is 5.91 Å². The second-order valence-electron chi connectivity index (χ2n) is 5.79. The zero-order valence-corrected chi connectivity index (χ0v) is 17.5. The molecular formula is C21H18BrClN2O3. The lowest BCUT2D eigenvalue weighted by atomic mass is 10.2. The molecule has 3 rings (SSSR count). The molecule has 0 saturated carbocycles. The number of carbonyl (C=O) groups is 1. The topological polar surface area (TPSA) is 60.5 Å². The molecule has 7 heteroatoms. The Morgan fingerprint density at radius 3 is 2.64 bits per heavy atom. The molecule has 2 aromatic carbocycles. The smallest absolute Gasteiger partial charge is 0.253 e. The van der Waals surface area contributed by atoms with E-state index in [0.29, 0.717) is 41.1 Å². The Labute approximate surface area is 176 Å². The van der Waals surface area contributed by atoms with Crippen molar-refractivity contribution in [3.05, 3.63) is 81.4 Å². The number of hydrogen-bond acceptors (Lipinski definition) is 4. The monoisotopic (exact) mass is 460 g/mol. The maximum Gasteiger partial charge on any atom is 0.253 e. The number of halogens is 2. The SMILES string of the molecule is CCOc1ccccc1Oc1ccc(CNC(=O)c2cc(Br)ccc2Cl)cn1. The van der Waals surface area contributed by atoms with Crippen molar-refractivity contribution in [1.82, 2.24) is 10.3 Å². The number of ether oxygens (including phenoxy) is 2. The molecule has 28 heavy (non-hydrogen) atoms. The van der Waals surface area contributed by atoms with Crippen molar-refractivity contribution >= 4 is 33.4 Å². The molecule has 0 aliphatic carbocycles. The van der Waals surface area contributed by atoms with Gasteiger partial charge in [0.25, 0.3) is 5.91 Å². The predicted octanol–water partition coefficient (Wildman–Crippen LogP) is 5.62. The van der Waals surface area contributed by atoms with Gasteiger partial charge in [0.05, 0.1) is 17.2 Å². The summed E-state index contributed by atoms with van der Waals surface area (Å²) < 4.78 is 12.1. The van der Waals surface area contributed by atoms with Crippen molar-refractivity contribution in [1.29, 1.82) is 0 Å². The molecule has 0 saturated heterocycles. The molecule has 144 valence electrons. The van der Waals surface area contributed by atoms with E-state index in [1.165, 1.54) is 0 Å². The predicted molar refractivity (Wildman–Crippen MR) is 112 cm³/mol. The molecule has 0 atom stereocenters. The molecule has 5 nitrogen and oxygen atoms in total. The fourth-order valence-electron chi connectivity index (χ4n) is 2.45. The lowest BCUT2D eigenvalue weighted by Gasteiger charge is -2.11. The minimum absolute atomic E-state index is 0.253. The van der Waals surface area contributed by atoms with Crippen LogP contribution in [0.2, 0.25) is 5.02 Å². The van der Waals surface area contributed by atoms with Gasteiger partial charge in [-0.2, -0.15) is 0 Å². The fraction of sp³-hybridized carbons (Fsp3) is 0.143. The molecular weight excluding hydrogens is 444 g/mol. The Morgan fingerprint density at radius 1 is 1.14 bits per heavy atom. The van der Waals surface area contributed by atoms with Crippen LogP contribution in [0.5, 0.6) is 17.4 Å². The molecule has 0 bridgehead atoms. The molecule has 0 aliphatic heterocycles. The average Bonchev–Trinajstić information content (AvgIpc) is 2.71. The Balaban J connectivity index is 1.62. The van der Waals surface area contributed by atoms with Crippen LogP contribution >= 0.6 is 27.5 Å². The second-order valence-corrected chi connectivity index (χ2v) is 7.12. The van der Waals surface area contributed by atoms with Gasteiger partial charge in [0.15, 0.2) is 11.5 Å². The molecule has 1 N–H and O–H groups in total. The van der Waals surface area contributed by atoms with E-state index in [2.05, 4.69) is 26.2 Å². The minimum atomic E-state index is -0.253. The van der Waals surface area contributed by atoms with Gasteiger partial charge in [0, 0.05) is 23.3 Å². The number of aromatic nitrogens is 1. The van der Waals surface area contributed by atoms with Gasteiger partial charge in [0.2, 0.25) is 5.88 Å². The summed E-state index contributed by atoms with van der Waals surface area (Å²) in [6, 6.07) is 16.1. The van der Waals surface area contributed by atoms with Gasteiger partial charge in [0.1, 0.15) is 0 Å². The molecule has 0 fully saturated rings. The van der Waals surface area contributed by atoms with Gasteiger partial charge >= 0.3 is 0 Å². The van der Waals surface area contributed by atoms with Gasteiger partial charge in [-0.25, -0.2) is 4.98 Å². The third-order valence-electron chi connectivity index (χ3n) is 3.79. The van der Waals surface area contributed by atoms with Crippen molar-refractivity contribution in [3.8, 4) is 17.4 Å². The van der Waals surface area contributed by atoms with E-state index in [9.17, 15) is 4.79 Å². The maximum absolute atomic E-state index is 12.3. The summed E-state index contributed by atoms with van der Waals surface area (Å²) in [4.78, 5) is 16.6. The Kier molecular flexibility index (Phi) is 6.90. The van der Waals surface area contributed by atoms with E-state index in [0.717, 1.165) is 10.0 Å². The van der Waals surface area contributed by atoms with Crippen LogP contribution in [0.4, 0.5) is 0 Å². The van der Waals surface area contributed by atoms with Crippen LogP contribution in [0.15, 0.2) is 65.3 Å². The number of hydrogen-bond donors (Lipinski definition) is 1. The van der Waals surface area contributed by atoms with Crippen LogP contribution in [-0.2, 0) is 6.54 Å². The van der Waals surface area contributed by atoms with Gasteiger partial charge in [-0.15, -0.1) is 0 Å². The summed E-state index contributed by atoms with van der Waals surface area (Å²) in [5.41, 5.74) is 1.25. The highest BCUT2D eigenvalue weighted by atomic mass is 79.9. The van der Waals surface area contributed by atoms with Crippen molar-refractivity contribution < 1.29 is 14.3 Å². The van der Waals surface area contributed by atoms with Crippen LogP contribution in [0.3, 0.4) is 0 Å². The first-order valence-electron chi connectivity index (χ1n) is 8.64. The van der Waals surface area contributed by atoms with Gasteiger partial charge in [-0.3, -0.25) is 4.79 Å². The number of pyridine rings is 1. The lowest BCUT2D eigenvalue weighted by molar-refractivity contribution is 0.0951. The summed E-state index contributed by atoms with van der Waals surface area (Å²) in [6.07, 6.45) is 1.65. The van der Waals surface area contributed by atoms with Crippen molar-refractivity contribution in [3.63, 3.8) is 0 Å².